The van der Waals surface area contributed by atoms with Crippen LogP contribution < -0.4 is 5.43 Å². The Balaban J connectivity index is 1.61. The summed E-state index contributed by atoms with van der Waals surface area (Å²) in [6, 6.07) is 15.7. The summed E-state index contributed by atoms with van der Waals surface area (Å²) in [5, 5.41) is 7.45. The number of hydrogen-bond donors (Lipinski definition) is 2. The molecule has 0 radical (unpaired) electrons. The summed E-state index contributed by atoms with van der Waals surface area (Å²) in [6.07, 6.45) is 6.65. The fourth-order valence-electron chi connectivity index (χ4n) is 2.72. The Kier molecular flexibility index (Phi) is 3.51. The molecule has 0 bridgehead atoms. The second-order valence-corrected chi connectivity index (χ2v) is 5.39. The van der Waals surface area contributed by atoms with E-state index in [1.807, 2.05) is 18.3 Å². The Labute approximate surface area is 138 Å². The van der Waals surface area contributed by atoms with Gasteiger partial charge in [0, 0.05) is 34.9 Å². The SMILES string of the molecule is O=C(N/N=C\c1c[nH]c2c1ccc1ccccc12)c1cccnc1. The van der Waals surface area contributed by atoms with Crippen molar-refractivity contribution in [1.29, 1.82) is 0 Å². The van der Waals surface area contributed by atoms with Gasteiger partial charge in [-0.3, -0.25) is 9.78 Å². The van der Waals surface area contributed by atoms with Crippen molar-refractivity contribution in [1.82, 2.24) is 15.4 Å². The van der Waals surface area contributed by atoms with Crippen molar-refractivity contribution in [3.8, 4) is 0 Å². The summed E-state index contributed by atoms with van der Waals surface area (Å²) in [7, 11) is 0. The normalized spacial score (nSPS) is 11.3. The molecule has 2 heterocycles. The van der Waals surface area contributed by atoms with Crippen LogP contribution in [0.5, 0.6) is 0 Å². The first kappa shape index (κ1) is 14.1. The highest BCUT2D eigenvalue weighted by molar-refractivity contribution is 6.11. The summed E-state index contributed by atoms with van der Waals surface area (Å²) in [5.74, 6) is -0.287. The van der Waals surface area contributed by atoms with Gasteiger partial charge in [0.1, 0.15) is 0 Å². The van der Waals surface area contributed by atoms with E-state index in [1.165, 1.54) is 11.6 Å². The second kappa shape index (κ2) is 5.96. The lowest BCUT2D eigenvalue weighted by Crippen LogP contribution is -2.17. The lowest BCUT2D eigenvalue weighted by Gasteiger charge is -2.00. The molecule has 0 aliphatic rings. The Hall–Kier alpha value is -3.47. The van der Waals surface area contributed by atoms with E-state index in [0.29, 0.717) is 5.56 Å². The van der Waals surface area contributed by atoms with Crippen molar-refractivity contribution >= 4 is 33.8 Å². The van der Waals surface area contributed by atoms with Gasteiger partial charge in [-0.15, -0.1) is 0 Å². The Morgan fingerprint density at radius 2 is 2.00 bits per heavy atom. The van der Waals surface area contributed by atoms with Crippen molar-refractivity contribution in [2.75, 3.05) is 0 Å². The number of aromatic amines is 1. The van der Waals surface area contributed by atoms with E-state index in [2.05, 4.69) is 44.8 Å². The predicted octanol–water partition coefficient (Wildman–Crippen LogP) is 3.48. The van der Waals surface area contributed by atoms with Crippen LogP contribution in [0.1, 0.15) is 15.9 Å². The van der Waals surface area contributed by atoms with E-state index in [0.717, 1.165) is 21.9 Å². The molecule has 4 aromatic rings. The molecule has 2 N–H and O–H groups in total. The van der Waals surface area contributed by atoms with Crippen LogP contribution in [-0.2, 0) is 0 Å². The fraction of sp³-hybridized carbons (Fsp3) is 0. The van der Waals surface area contributed by atoms with E-state index in [9.17, 15) is 4.79 Å². The highest BCUT2D eigenvalue weighted by atomic mass is 16.2. The predicted molar refractivity (Wildman–Crippen MR) is 95.1 cm³/mol. The number of carbonyl (C=O) groups is 1. The number of fused-ring (bicyclic) bond motifs is 3. The number of nitrogens with zero attached hydrogens (tertiary/aromatic N) is 2. The molecule has 2 aromatic carbocycles. The molecule has 116 valence electrons. The largest absolute Gasteiger partial charge is 0.360 e. The van der Waals surface area contributed by atoms with E-state index in [1.54, 1.807) is 24.5 Å². The van der Waals surface area contributed by atoms with E-state index < -0.39 is 0 Å². The van der Waals surface area contributed by atoms with Gasteiger partial charge in [0.15, 0.2) is 0 Å². The minimum atomic E-state index is -0.287. The molecule has 0 unspecified atom stereocenters. The molecule has 0 fully saturated rings. The average molecular weight is 314 g/mol. The lowest BCUT2D eigenvalue weighted by atomic mass is 10.1. The van der Waals surface area contributed by atoms with Crippen LogP contribution in [-0.4, -0.2) is 22.1 Å². The summed E-state index contributed by atoms with van der Waals surface area (Å²) in [6.45, 7) is 0. The smallest absolute Gasteiger partial charge is 0.272 e. The number of amides is 1. The van der Waals surface area contributed by atoms with Gasteiger partial charge >= 0.3 is 0 Å². The zero-order chi connectivity index (χ0) is 16.4. The van der Waals surface area contributed by atoms with Crippen molar-refractivity contribution in [3.05, 3.63) is 78.2 Å². The maximum atomic E-state index is 11.9. The third-order valence-corrected chi connectivity index (χ3v) is 3.91. The number of nitrogens with one attached hydrogen (secondary N) is 2. The van der Waals surface area contributed by atoms with Gasteiger partial charge in [-0.05, 0) is 17.5 Å². The third kappa shape index (κ3) is 2.52. The van der Waals surface area contributed by atoms with Gasteiger partial charge in [0.05, 0.1) is 17.3 Å². The number of pyridine rings is 1. The van der Waals surface area contributed by atoms with Crippen molar-refractivity contribution in [2.45, 2.75) is 0 Å². The van der Waals surface area contributed by atoms with Crippen LogP contribution in [0.2, 0.25) is 0 Å². The summed E-state index contributed by atoms with van der Waals surface area (Å²) < 4.78 is 0. The van der Waals surface area contributed by atoms with Crippen LogP contribution >= 0.6 is 0 Å². The van der Waals surface area contributed by atoms with Crippen LogP contribution in [0, 0.1) is 0 Å². The molecule has 0 aliphatic carbocycles. The van der Waals surface area contributed by atoms with Gasteiger partial charge < -0.3 is 4.98 Å². The number of benzene rings is 2. The Bertz CT molecular complexity index is 1050. The van der Waals surface area contributed by atoms with E-state index in [4.69, 9.17) is 0 Å². The van der Waals surface area contributed by atoms with Crippen molar-refractivity contribution < 1.29 is 4.79 Å². The molecule has 5 nitrogen and oxygen atoms in total. The molecular formula is C19H14N4O. The monoisotopic (exact) mass is 314 g/mol. The van der Waals surface area contributed by atoms with Gasteiger partial charge in [-0.1, -0.05) is 36.4 Å². The van der Waals surface area contributed by atoms with Gasteiger partial charge in [-0.25, -0.2) is 5.43 Å². The molecule has 0 aliphatic heterocycles. The molecule has 5 heteroatoms. The molecule has 24 heavy (non-hydrogen) atoms. The average Bonchev–Trinajstić information content (AvgIpc) is 3.06. The number of aromatic nitrogens is 2. The summed E-state index contributed by atoms with van der Waals surface area (Å²) in [5.41, 5.74) is 4.97. The van der Waals surface area contributed by atoms with Gasteiger partial charge in [-0.2, -0.15) is 5.10 Å². The molecule has 0 saturated heterocycles. The minimum absolute atomic E-state index is 0.287. The Morgan fingerprint density at radius 3 is 2.88 bits per heavy atom. The number of H-pyrrole nitrogens is 1. The molecular weight excluding hydrogens is 300 g/mol. The molecule has 1 amide bonds. The maximum absolute atomic E-state index is 11.9. The number of carbonyl (C=O) groups excluding carboxylic acids is 1. The number of rotatable bonds is 3. The molecule has 4 rings (SSSR count). The fourth-order valence-corrected chi connectivity index (χ4v) is 2.72. The standard InChI is InChI=1S/C19H14N4O/c24-19(14-5-3-9-20-10-14)23-22-12-15-11-21-18-16-6-2-1-4-13(16)7-8-17(15)18/h1-12,21H,(H,23,24)/b22-12-. The van der Waals surface area contributed by atoms with Gasteiger partial charge in [0.2, 0.25) is 0 Å². The maximum Gasteiger partial charge on any atom is 0.272 e. The highest BCUT2D eigenvalue weighted by Crippen LogP contribution is 2.26. The van der Waals surface area contributed by atoms with E-state index in [-0.39, 0.29) is 5.91 Å². The number of hydrazone groups is 1. The van der Waals surface area contributed by atoms with Crippen molar-refractivity contribution in [3.63, 3.8) is 0 Å². The first-order valence-corrected chi connectivity index (χ1v) is 7.55. The van der Waals surface area contributed by atoms with Crippen LogP contribution in [0.25, 0.3) is 21.7 Å². The molecule has 0 saturated carbocycles. The zero-order valence-corrected chi connectivity index (χ0v) is 12.7. The summed E-state index contributed by atoms with van der Waals surface area (Å²) >= 11 is 0. The Morgan fingerprint density at radius 1 is 1.08 bits per heavy atom. The number of hydrogen-bond acceptors (Lipinski definition) is 3. The minimum Gasteiger partial charge on any atom is -0.360 e. The van der Waals surface area contributed by atoms with Crippen LogP contribution in [0.3, 0.4) is 0 Å². The lowest BCUT2D eigenvalue weighted by molar-refractivity contribution is 0.0955. The van der Waals surface area contributed by atoms with E-state index >= 15 is 0 Å². The molecule has 2 aromatic heterocycles. The topological polar surface area (TPSA) is 70.1 Å². The molecule has 0 spiro atoms. The van der Waals surface area contributed by atoms with Crippen LogP contribution in [0.15, 0.2) is 72.2 Å². The second-order valence-electron chi connectivity index (χ2n) is 5.39. The first-order valence-electron chi connectivity index (χ1n) is 7.55. The zero-order valence-electron chi connectivity index (χ0n) is 12.7. The van der Waals surface area contributed by atoms with Crippen molar-refractivity contribution in [2.24, 2.45) is 5.10 Å². The summed E-state index contributed by atoms with van der Waals surface area (Å²) in [4.78, 5) is 19.1. The van der Waals surface area contributed by atoms with Crippen LogP contribution in [0.4, 0.5) is 0 Å². The third-order valence-electron chi connectivity index (χ3n) is 3.91. The quantitative estimate of drug-likeness (QED) is 0.449. The first-order chi connectivity index (χ1) is 11.8. The highest BCUT2D eigenvalue weighted by Gasteiger charge is 2.06. The van der Waals surface area contributed by atoms with Gasteiger partial charge in [0.25, 0.3) is 5.91 Å². The molecule has 0 atom stereocenters.